The Labute approximate surface area is 102 Å². The molecular formula is C14H20N2O. The minimum Gasteiger partial charge on any atom is -0.396 e. The van der Waals surface area contributed by atoms with Gasteiger partial charge in [-0.3, -0.25) is 0 Å². The molecule has 2 rings (SSSR count). The number of rotatable bonds is 5. The molecule has 0 fully saturated rings. The molecule has 0 bridgehead atoms. The van der Waals surface area contributed by atoms with Crippen molar-refractivity contribution in [1.82, 2.24) is 4.98 Å². The number of aromatic amines is 1. The molecule has 0 aliphatic rings. The molecule has 0 aliphatic carbocycles. The number of hydrogen-bond acceptors (Lipinski definition) is 2. The lowest BCUT2D eigenvalue weighted by molar-refractivity contribution is 0.230. The van der Waals surface area contributed by atoms with Crippen LogP contribution in [0.2, 0.25) is 0 Å². The van der Waals surface area contributed by atoms with Gasteiger partial charge in [0.15, 0.2) is 0 Å². The first-order valence-electron chi connectivity index (χ1n) is 6.18. The lowest BCUT2D eigenvalue weighted by Gasteiger charge is -2.13. The highest BCUT2D eigenvalue weighted by atomic mass is 16.3. The second-order valence-electron chi connectivity index (χ2n) is 4.51. The number of anilines is 1. The maximum absolute atomic E-state index is 9.19. The Morgan fingerprint density at radius 1 is 1.35 bits per heavy atom. The van der Waals surface area contributed by atoms with Gasteiger partial charge in [0.2, 0.25) is 0 Å². The molecule has 3 heteroatoms. The molecule has 0 spiro atoms. The van der Waals surface area contributed by atoms with E-state index in [1.165, 1.54) is 5.39 Å². The summed E-state index contributed by atoms with van der Waals surface area (Å²) < 4.78 is 0. The Kier molecular flexibility index (Phi) is 3.69. The van der Waals surface area contributed by atoms with E-state index in [4.69, 9.17) is 0 Å². The molecule has 3 N–H and O–H groups in total. The highest BCUT2D eigenvalue weighted by molar-refractivity contribution is 5.94. The third-order valence-electron chi connectivity index (χ3n) is 3.30. The largest absolute Gasteiger partial charge is 0.396 e. The summed E-state index contributed by atoms with van der Waals surface area (Å²) in [6.45, 7) is 5.23. The van der Waals surface area contributed by atoms with Crippen LogP contribution >= 0.6 is 0 Å². The van der Waals surface area contributed by atoms with E-state index in [-0.39, 0.29) is 6.61 Å². The van der Waals surface area contributed by atoms with E-state index in [0.29, 0.717) is 5.92 Å². The van der Waals surface area contributed by atoms with Gasteiger partial charge < -0.3 is 15.4 Å². The molecule has 0 amide bonds. The van der Waals surface area contributed by atoms with E-state index >= 15 is 0 Å². The van der Waals surface area contributed by atoms with E-state index in [9.17, 15) is 5.11 Å². The Morgan fingerprint density at radius 2 is 2.12 bits per heavy atom. The van der Waals surface area contributed by atoms with Crippen molar-refractivity contribution < 1.29 is 5.11 Å². The van der Waals surface area contributed by atoms with Gasteiger partial charge in [-0.15, -0.1) is 0 Å². The van der Waals surface area contributed by atoms with Gasteiger partial charge in [-0.05, 0) is 25.3 Å². The Hall–Kier alpha value is -1.48. The number of fused-ring (bicyclic) bond motifs is 1. The summed E-state index contributed by atoms with van der Waals surface area (Å²) in [5.41, 5.74) is 3.47. The Bertz CT molecular complexity index is 486. The number of aryl methyl sites for hydroxylation is 1. The van der Waals surface area contributed by atoms with E-state index in [0.717, 1.165) is 29.9 Å². The molecule has 0 aliphatic heterocycles. The van der Waals surface area contributed by atoms with E-state index in [2.05, 4.69) is 36.3 Å². The highest BCUT2D eigenvalue weighted by Gasteiger charge is 2.09. The van der Waals surface area contributed by atoms with Gasteiger partial charge in [0, 0.05) is 29.7 Å². The number of hydrogen-bond donors (Lipinski definition) is 3. The average Bonchev–Trinajstić information content (AvgIpc) is 2.67. The lowest BCUT2D eigenvalue weighted by atomic mass is 10.1. The number of H-pyrrole nitrogens is 1. The maximum atomic E-state index is 9.19. The molecule has 17 heavy (non-hydrogen) atoms. The number of benzene rings is 1. The zero-order valence-corrected chi connectivity index (χ0v) is 10.5. The van der Waals surface area contributed by atoms with Gasteiger partial charge in [-0.2, -0.15) is 0 Å². The number of nitrogens with one attached hydrogen (secondary N) is 2. The fourth-order valence-corrected chi connectivity index (χ4v) is 2.09. The first-order chi connectivity index (χ1) is 8.26. The predicted octanol–water partition coefficient (Wildman–Crippen LogP) is 2.91. The molecule has 3 nitrogen and oxygen atoms in total. The SMILES string of the molecule is CCC(CO)CNc1c(C)[nH]c2ccccc12. The van der Waals surface area contributed by atoms with E-state index in [1.807, 2.05) is 12.1 Å². The highest BCUT2D eigenvalue weighted by Crippen LogP contribution is 2.27. The average molecular weight is 232 g/mol. The van der Waals surface area contributed by atoms with Crippen LogP contribution in [0.25, 0.3) is 10.9 Å². The van der Waals surface area contributed by atoms with Crippen molar-refractivity contribution in [3.63, 3.8) is 0 Å². The molecule has 1 aromatic heterocycles. The van der Waals surface area contributed by atoms with Gasteiger partial charge in [0.1, 0.15) is 0 Å². The first kappa shape index (κ1) is 12.0. The Morgan fingerprint density at radius 3 is 2.82 bits per heavy atom. The van der Waals surface area contributed by atoms with Crippen molar-refractivity contribution in [2.45, 2.75) is 20.3 Å². The summed E-state index contributed by atoms with van der Waals surface area (Å²) in [6, 6.07) is 8.27. The van der Waals surface area contributed by atoms with Crippen molar-refractivity contribution in [3.05, 3.63) is 30.0 Å². The minimum absolute atomic E-state index is 0.241. The molecular weight excluding hydrogens is 212 g/mol. The smallest absolute Gasteiger partial charge is 0.0628 e. The molecule has 92 valence electrons. The Balaban J connectivity index is 2.20. The lowest BCUT2D eigenvalue weighted by Crippen LogP contribution is -2.17. The van der Waals surface area contributed by atoms with Gasteiger partial charge >= 0.3 is 0 Å². The molecule has 0 saturated heterocycles. The van der Waals surface area contributed by atoms with Crippen LogP contribution in [-0.4, -0.2) is 23.2 Å². The van der Waals surface area contributed by atoms with E-state index in [1.54, 1.807) is 0 Å². The van der Waals surface area contributed by atoms with Crippen LogP contribution in [0.4, 0.5) is 5.69 Å². The van der Waals surface area contributed by atoms with Crippen LogP contribution in [0.3, 0.4) is 0 Å². The minimum atomic E-state index is 0.241. The second kappa shape index (κ2) is 5.23. The van der Waals surface area contributed by atoms with Crippen LogP contribution < -0.4 is 5.32 Å². The predicted molar refractivity (Wildman–Crippen MR) is 72.4 cm³/mol. The normalized spacial score (nSPS) is 12.9. The van der Waals surface area contributed by atoms with Crippen molar-refractivity contribution in [2.24, 2.45) is 5.92 Å². The standard InChI is InChI=1S/C14H20N2O/c1-3-11(9-17)8-15-14-10(2)16-13-7-5-4-6-12(13)14/h4-7,11,15-17H,3,8-9H2,1-2H3. The zero-order valence-electron chi connectivity index (χ0n) is 10.5. The quantitative estimate of drug-likeness (QED) is 0.742. The molecule has 1 atom stereocenters. The van der Waals surface area contributed by atoms with E-state index < -0.39 is 0 Å². The summed E-state index contributed by atoms with van der Waals surface area (Å²) in [5.74, 6) is 0.322. The monoisotopic (exact) mass is 232 g/mol. The molecule has 2 aromatic rings. The summed E-state index contributed by atoms with van der Waals surface area (Å²) in [7, 11) is 0. The van der Waals surface area contributed by atoms with Crippen LogP contribution in [0.5, 0.6) is 0 Å². The summed E-state index contributed by atoms with van der Waals surface area (Å²) in [5, 5.41) is 13.9. The molecule has 1 aromatic carbocycles. The van der Waals surface area contributed by atoms with Crippen LogP contribution in [0.1, 0.15) is 19.0 Å². The zero-order chi connectivity index (χ0) is 12.3. The maximum Gasteiger partial charge on any atom is 0.0628 e. The van der Waals surface area contributed by atoms with Crippen molar-refractivity contribution >= 4 is 16.6 Å². The molecule has 1 unspecified atom stereocenters. The van der Waals surface area contributed by atoms with Crippen molar-refractivity contribution in [3.8, 4) is 0 Å². The first-order valence-corrected chi connectivity index (χ1v) is 6.18. The van der Waals surface area contributed by atoms with Gasteiger partial charge in [-0.25, -0.2) is 0 Å². The second-order valence-corrected chi connectivity index (χ2v) is 4.51. The molecule has 0 radical (unpaired) electrons. The van der Waals surface area contributed by atoms with Gasteiger partial charge in [-0.1, -0.05) is 25.1 Å². The molecule has 1 heterocycles. The fourth-order valence-electron chi connectivity index (χ4n) is 2.09. The van der Waals surface area contributed by atoms with Gasteiger partial charge in [0.25, 0.3) is 0 Å². The third kappa shape index (κ3) is 2.44. The summed E-state index contributed by atoms with van der Waals surface area (Å²) >= 11 is 0. The number of aliphatic hydroxyl groups is 1. The van der Waals surface area contributed by atoms with Crippen LogP contribution in [-0.2, 0) is 0 Å². The van der Waals surface area contributed by atoms with Crippen LogP contribution in [0, 0.1) is 12.8 Å². The fraction of sp³-hybridized carbons (Fsp3) is 0.429. The third-order valence-corrected chi connectivity index (χ3v) is 3.30. The topological polar surface area (TPSA) is 48.0 Å². The number of aromatic nitrogens is 1. The molecule has 0 saturated carbocycles. The summed E-state index contributed by atoms with van der Waals surface area (Å²) in [4.78, 5) is 3.36. The number of aliphatic hydroxyl groups excluding tert-OH is 1. The van der Waals surface area contributed by atoms with Gasteiger partial charge in [0.05, 0.1) is 5.69 Å². The van der Waals surface area contributed by atoms with Crippen LogP contribution in [0.15, 0.2) is 24.3 Å². The number of para-hydroxylation sites is 1. The summed E-state index contributed by atoms with van der Waals surface area (Å²) in [6.07, 6.45) is 0.991. The van der Waals surface area contributed by atoms with Crippen molar-refractivity contribution in [2.75, 3.05) is 18.5 Å². The van der Waals surface area contributed by atoms with Crippen molar-refractivity contribution in [1.29, 1.82) is 0 Å².